The third kappa shape index (κ3) is 3.86. The van der Waals surface area contributed by atoms with Crippen molar-refractivity contribution >= 4 is 11.8 Å². The summed E-state index contributed by atoms with van der Waals surface area (Å²) in [5.74, 6) is 1.79. The lowest BCUT2D eigenvalue weighted by Gasteiger charge is -2.29. The monoisotopic (exact) mass is 250 g/mol. The summed E-state index contributed by atoms with van der Waals surface area (Å²) in [6.07, 6.45) is 4.11. The summed E-state index contributed by atoms with van der Waals surface area (Å²) >= 11 is 0. The molecule has 0 aliphatic carbocycles. The number of hydrogen-bond donors (Lipinski definition) is 1. The van der Waals surface area contributed by atoms with E-state index in [-0.39, 0.29) is 0 Å². The molecule has 1 aromatic rings. The number of aryl methyl sites for hydroxylation is 1. The summed E-state index contributed by atoms with van der Waals surface area (Å²) in [7, 11) is 0. The zero-order chi connectivity index (χ0) is 13.5. The second kappa shape index (κ2) is 7.19. The molecular formula is C14H26N4. The maximum atomic E-state index is 4.65. The summed E-state index contributed by atoms with van der Waals surface area (Å²) in [6, 6.07) is 0.456. The molecule has 0 spiro atoms. The van der Waals surface area contributed by atoms with E-state index < -0.39 is 0 Å². The topological polar surface area (TPSA) is 41.1 Å². The lowest BCUT2D eigenvalue weighted by atomic mass is 10.2. The molecule has 0 aliphatic rings. The van der Waals surface area contributed by atoms with Gasteiger partial charge in [0, 0.05) is 30.9 Å². The fraction of sp³-hybridized carbons (Fsp3) is 0.714. The van der Waals surface area contributed by atoms with Crippen LogP contribution in [0.5, 0.6) is 0 Å². The molecule has 1 rings (SSSR count). The molecule has 0 radical (unpaired) electrons. The van der Waals surface area contributed by atoms with E-state index in [0.717, 1.165) is 43.3 Å². The molecule has 0 saturated heterocycles. The first kappa shape index (κ1) is 14.7. The zero-order valence-corrected chi connectivity index (χ0v) is 12.3. The minimum absolute atomic E-state index is 0.456. The van der Waals surface area contributed by atoms with Crippen LogP contribution in [0.3, 0.4) is 0 Å². The van der Waals surface area contributed by atoms with Gasteiger partial charge in [0.05, 0.1) is 0 Å². The van der Waals surface area contributed by atoms with Crippen molar-refractivity contribution in [1.29, 1.82) is 0 Å². The van der Waals surface area contributed by atoms with Gasteiger partial charge in [0.25, 0.3) is 0 Å². The van der Waals surface area contributed by atoms with Crippen LogP contribution in [0.2, 0.25) is 0 Å². The van der Waals surface area contributed by atoms with Crippen molar-refractivity contribution in [2.45, 2.75) is 53.5 Å². The minimum atomic E-state index is 0.456. The van der Waals surface area contributed by atoms with E-state index in [0.29, 0.717) is 6.04 Å². The fourth-order valence-corrected chi connectivity index (χ4v) is 1.90. The van der Waals surface area contributed by atoms with E-state index in [1.807, 2.05) is 6.20 Å². The summed E-state index contributed by atoms with van der Waals surface area (Å²) in [5, 5.41) is 3.25. The molecule has 0 fully saturated rings. The first-order valence-electron chi connectivity index (χ1n) is 6.94. The highest BCUT2D eigenvalue weighted by atomic mass is 15.2. The van der Waals surface area contributed by atoms with E-state index in [4.69, 9.17) is 0 Å². The van der Waals surface area contributed by atoms with Crippen LogP contribution in [-0.4, -0.2) is 29.1 Å². The predicted molar refractivity (Wildman–Crippen MR) is 78.3 cm³/mol. The molecule has 1 N–H and O–H groups in total. The second-order valence-corrected chi connectivity index (χ2v) is 4.91. The molecule has 102 valence electrons. The normalized spacial score (nSPS) is 10.8. The summed E-state index contributed by atoms with van der Waals surface area (Å²) in [6.45, 7) is 12.8. The second-order valence-electron chi connectivity index (χ2n) is 4.91. The van der Waals surface area contributed by atoms with Gasteiger partial charge in [0.1, 0.15) is 5.82 Å². The Morgan fingerprint density at radius 1 is 1.28 bits per heavy atom. The van der Waals surface area contributed by atoms with Crippen LogP contribution >= 0.6 is 0 Å². The molecule has 0 saturated carbocycles. The Balaban J connectivity index is 2.96. The van der Waals surface area contributed by atoms with Crippen LogP contribution in [0.25, 0.3) is 0 Å². The molecule has 0 amide bonds. The van der Waals surface area contributed by atoms with Gasteiger partial charge in [-0.3, -0.25) is 0 Å². The Bertz CT molecular complexity index is 363. The van der Waals surface area contributed by atoms with Crippen LogP contribution in [0.15, 0.2) is 6.20 Å². The molecule has 1 aromatic heterocycles. The van der Waals surface area contributed by atoms with Crippen molar-refractivity contribution in [3.63, 3.8) is 0 Å². The Hall–Kier alpha value is -1.32. The Morgan fingerprint density at radius 3 is 2.56 bits per heavy atom. The molecular weight excluding hydrogens is 224 g/mol. The molecule has 0 aromatic carbocycles. The largest absolute Gasteiger partial charge is 0.354 e. The first-order chi connectivity index (χ1) is 8.60. The van der Waals surface area contributed by atoms with Crippen LogP contribution in [0, 0.1) is 6.92 Å². The Kier molecular flexibility index (Phi) is 5.89. The molecule has 4 nitrogen and oxygen atoms in total. The van der Waals surface area contributed by atoms with Gasteiger partial charge in [0.2, 0.25) is 5.95 Å². The van der Waals surface area contributed by atoms with Gasteiger partial charge < -0.3 is 10.2 Å². The van der Waals surface area contributed by atoms with E-state index in [9.17, 15) is 0 Å². The maximum absolute atomic E-state index is 4.65. The zero-order valence-electron chi connectivity index (χ0n) is 12.3. The van der Waals surface area contributed by atoms with Gasteiger partial charge in [-0.05, 0) is 33.6 Å². The molecule has 1 heterocycles. The number of nitrogens with zero attached hydrogens (tertiary/aromatic N) is 3. The van der Waals surface area contributed by atoms with Crippen LogP contribution in [0.4, 0.5) is 11.8 Å². The van der Waals surface area contributed by atoms with Crippen molar-refractivity contribution in [3.8, 4) is 0 Å². The van der Waals surface area contributed by atoms with Gasteiger partial charge in [-0.1, -0.05) is 13.8 Å². The van der Waals surface area contributed by atoms with Crippen LogP contribution in [0.1, 0.15) is 46.1 Å². The summed E-state index contributed by atoms with van der Waals surface area (Å²) in [4.78, 5) is 11.3. The highest BCUT2D eigenvalue weighted by molar-refractivity contribution is 5.49. The average Bonchev–Trinajstić information content (AvgIpc) is 2.35. The molecule has 0 atom stereocenters. The first-order valence-corrected chi connectivity index (χ1v) is 6.94. The van der Waals surface area contributed by atoms with Crippen molar-refractivity contribution in [3.05, 3.63) is 11.8 Å². The molecule has 18 heavy (non-hydrogen) atoms. The Morgan fingerprint density at radius 2 is 2.00 bits per heavy atom. The van der Waals surface area contributed by atoms with Crippen molar-refractivity contribution in [2.75, 3.05) is 23.3 Å². The highest BCUT2D eigenvalue weighted by Crippen LogP contribution is 2.20. The molecule has 4 heteroatoms. The van der Waals surface area contributed by atoms with Gasteiger partial charge in [-0.25, -0.2) is 4.98 Å². The molecule has 0 unspecified atom stereocenters. The smallest absolute Gasteiger partial charge is 0.224 e. The average molecular weight is 250 g/mol. The Labute approximate surface area is 111 Å². The number of nitrogens with one attached hydrogen (secondary N) is 1. The van der Waals surface area contributed by atoms with Crippen molar-refractivity contribution in [1.82, 2.24) is 9.97 Å². The number of anilines is 2. The van der Waals surface area contributed by atoms with Crippen LogP contribution in [-0.2, 0) is 0 Å². The van der Waals surface area contributed by atoms with Crippen molar-refractivity contribution < 1.29 is 0 Å². The predicted octanol–water partition coefficient (Wildman–Crippen LogP) is 3.23. The maximum Gasteiger partial charge on any atom is 0.224 e. The number of rotatable bonds is 7. The quantitative estimate of drug-likeness (QED) is 0.806. The lowest BCUT2D eigenvalue weighted by Crippen LogP contribution is -2.33. The van der Waals surface area contributed by atoms with E-state index in [2.05, 4.69) is 54.8 Å². The highest BCUT2D eigenvalue weighted by Gasteiger charge is 2.14. The number of aromatic nitrogens is 2. The lowest BCUT2D eigenvalue weighted by molar-refractivity contribution is 0.659. The van der Waals surface area contributed by atoms with Gasteiger partial charge in [0.15, 0.2) is 0 Å². The number of hydrogen-bond acceptors (Lipinski definition) is 4. The van der Waals surface area contributed by atoms with E-state index in [1.54, 1.807) is 0 Å². The fourth-order valence-electron chi connectivity index (χ4n) is 1.90. The standard InChI is InChI=1S/C14H26N4/c1-6-8-15-14-16-10-12(5)13(17-14)18(9-7-2)11(3)4/h10-11H,6-9H2,1-5H3,(H,15,16,17). The third-order valence-electron chi connectivity index (χ3n) is 2.84. The van der Waals surface area contributed by atoms with Gasteiger partial charge >= 0.3 is 0 Å². The summed E-state index contributed by atoms with van der Waals surface area (Å²) < 4.78 is 0. The minimum Gasteiger partial charge on any atom is -0.354 e. The summed E-state index contributed by atoms with van der Waals surface area (Å²) in [5.41, 5.74) is 1.14. The van der Waals surface area contributed by atoms with Crippen molar-refractivity contribution in [2.24, 2.45) is 0 Å². The van der Waals surface area contributed by atoms with Crippen LogP contribution < -0.4 is 10.2 Å². The van der Waals surface area contributed by atoms with E-state index >= 15 is 0 Å². The van der Waals surface area contributed by atoms with Gasteiger partial charge in [-0.15, -0.1) is 0 Å². The SMILES string of the molecule is CCCNc1ncc(C)c(N(CCC)C(C)C)n1. The molecule has 0 bridgehead atoms. The third-order valence-corrected chi connectivity index (χ3v) is 2.84. The van der Waals surface area contributed by atoms with Gasteiger partial charge in [-0.2, -0.15) is 4.98 Å². The van der Waals surface area contributed by atoms with E-state index in [1.165, 1.54) is 0 Å². The molecule has 0 aliphatic heterocycles.